The van der Waals surface area contributed by atoms with Crippen LogP contribution >= 0.6 is 0 Å². The van der Waals surface area contributed by atoms with E-state index < -0.39 is 0 Å². The molecule has 22 heavy (non-hydrogen) atoms. The number of benzene rings is 1. The van der Waals surface area contributed by atoms with Crippen LogP contribution in [0, 0.1) is 11.8 Å². The van der Waals surface area contributed by atoms with Gasteiger partial charge in [0.2, 0.25) is 0 Å². The summed E-state index contributed by atoms with van der Waals surface area (Å²) >= 11 is 0. The molecule has 1 aromatic rings. The molecule has 2 nitrogen and oxygen atoms in total. The first-order chi connectivity index (χ1) is 10.4. The monoisotopic (exact) mass is 304 g/mol. The lowest BCUT2D eigenvalue weighted by Gasteiger charge is -2.27. The zero-order chi connectivity index (χ0) is 16.3. The molecule has 0 unspecified atom stereocenters. The van der Waals surface area contributed by atoms with Crippen LogP contribution in [0.4, 0.5) is 0 Å². The second-order valence-corrected chi connectivity index (χ2v) is 7.83. The minimum absolute atomic E-state index is 0.115. The highest BCUT2D eigenvalue weighted by molar-refractivity contribution is 5.55. The van der Waals surface area contributed by atoms with Gasteiger partial charge in [0, 0.05) is 5.56 Å². The molecule has 0 atom stereocenters. The fourth-order valence-electron chi connectivity index (χ4n) is 3.77. The minimum Gasteiger partial charge on any atom is -0.504 e. The van der Waals surface area contributed by atoms with Gasteiger partial charge in [-0.15, -0.1) is 0 Å². The van der Waals surface area contributed by atoms with Crippen LogP contribution in [0.25, 0.3) is 0 Å². The molecule has 0 amide bonds. The van der Waals surface area contributed by atoms with Gasteiger partial charge >= 0.3 is 0 Å². The summed E-state index contributed by atoms with van der Waals surface area (Å²) in [6.07, 6.45) is 8.00. The van der Waals surface area contributed by atoms with E-state index in [0.717, 1.165) is 24.0 Å². The van der Waals surface area contributed by atoms with Crippen LogP contribution in [-0.4, -0.2) is 10.2 Å². The molecule has 0 bridgehead atoms. The summed E-state index contributed by atoms with van der Waals surface area (Å²) in [6.45, 7) is 8.64. The van der Waals surface area contributed by atoms with Crippen molar-refractivity contribution >= 4 is 0 Å². The smallest absolute Gasteiger partial charge is 0.161 e. The Morgan fingerprint density at radius 1 is 0.909 bits per heavy atom. The lowest BCUT2D eigenvalue weighted by Crippen LogP contribution is -2.11. The molecule has 0 saturated heterocycles. The second-order valence-electron chi connectivity index (χ2n) is 7.83. The van der Waals surface area contributed by atoms with Crippen LogP contribution in [0.2, 0.25) is 0 Å². The number of aromatic hydroxyl groups is 2. The number of hydrogen-bond donors (Lipinski definition) is 2. The lowest BCUT2D eigenvalue weighted by atomic mass is 9.79. The summed E-state index contributed by atoms with van der Waals surface area (Å²) in [4.78, 5) is 0. The minimum atomic E-state index is 0.115. The van der Waals surface area contributed by atoms with E-state index in [9.17, 15) is 10.2 Å². The van der Waals surface area contributed by atoms with Gasteiger partial charge < -0.3 is 10.2 Å². The van der Waals surface area contributed by atoms with Gasteiger partial charge in [-0.2, -0.15) is 0 Å². The summed E-state index contributed by atoms with van der Waals surface area (Å²) < 4.78 is 0. The van der Waals surface area contributed by atoms with Gasteiger partial charge in [-0.05, 0) is 54.6 Å². The number of phenols is 2. The predicted molar refractivity (Wildman–Crippen MR) is 92.7 cm³/mol. The van der Waals surface area contributed by atoms with Crippen molar-refractivity contribution in [1.82, 2.24) is 0 Å². The van der Waals surface area contributed by atoms with Gasteiger partial charge in [-0.1, -0.05) is 53.0 Å². The van der Waals surface area contributed by atoms with Crippen molar-refractivity contribution in [2.24, 2.45) is 11.8 Å². The molecule has 0 aromatic heterocycles. The third kappa shape index (κ3) is 3.97. The molecule has 1 fully saturated rings. The van der Waals surface area contributed by atoms with Gasteiger partial charge in [0.1, 0.15) is 0 Å². The van der Waals surface area contributed by atoms with Crippen LogP contribution in [-0.2, 0) is 12.8 Å². The maximum atomic E-state index is 10.6. The van der Waals surface area contributed by atoms with Crippen molar-refractivity contribution < 1.29 is 10.2 Å². The fourth-order valence-corrected chi connectivity index (χ4v) is 3.77. The Bertz CT molecular complexity index is 497. The zero-order valence-corrected chi connectivity index (χ0v) is 14.7. The Morgan fingerprint density at radius 2 is 1.50 bits per heavy atom. The number of phenolic OH excluding ortho intramolecular Hbond substituents is 2. The highest BCUT2D eigenvalue weighted by atomic mass is 16.3. The topological polar surface area (TPSA) is 40.5 Å². The third-order valence-electron chi connectivity index (χ3n) is 4.78. The van der Waals surface area contributed by atoms with E-state index >= 15 is 0 Å². The van der Waals surface area contributed by atoms with E-state index in [2.05, 4.69) is 33.8 Å². The van der Waals surface area contributed by atoms with Crippen molar-refractivity contribution in [3.05, 3.63) is 22.8 Å². The first-order valence-electron chi connectivity index (χ1n) is 8.96. The molecule has 0 radical (unpaired) electrons. The van der Waals surface area contributed by atoms with Gasteiger partial charge in [0.15, 0.2) is 11.5 Å². The summed E-state index contributed by atoms with van der Waals surface area (Å²) in [5.74, 6) is 1.76. The van der Waals surface area contributed by atoms with Crippen LogP contribution < -0.4 is 0 Å². The molecule has 2 rings (SSSR count). The Morgan fingerprint density at radius 3 is 2.05 bits per heavy atom. The van der Waals surface area contributed by atoms with E-state index in [-0.39, 0.29) is 11.5 Å². The molecule has 0 aliphatic heterocycles. The Labute approximate surface area is 135 Å². The molecule has 124 valence electrons. The van der Waals surface area contributed by atoms with E-state index in [0.29, 0.717) is 17.8 Å². The molecule has 1 aromatic carbocycles. The highest BCUT2D eigenvalue weighted by Gasteiger charge is 2.24. The maximum absolute atomic E-state index is 10.6. The largest absolute Gasteiger partial charge is 0.504 e. The summed E-state index contributed by atoms with van der Waals surface area (Å²) in [6, 6.07) is 2.20. The van der Waals surface area contributed by atoms with E-state index in [1.807, 2.05) is 0 Å². The van der Waals surface area contributed by atoms with Crippen molar-refractivity contribution in [2.75, 3.05) is 0 Å². The van der Waals surface area contributed by atoms with Crippen molar-refractivity contribution in [3.63, 3.8) is 0 Å². The Hall–Kier alpha value is -1.18. The first-order valence-corrected chi connectivity index (χ1v) is 8.96. The highest BCUT2D eigenvalue weighted by Crippen LogP contribution is 2.43. The van der Waals surface area contributed by atoms with Gasteiger partial charge in [-0.3, -0.25) is 0 Å². The van der Waals surface area contributed by atoms with E-state index in [1.54, 1.807) is 0 Å². The van der Waals surface area contributed by atoms with Crippen LogP contribution in [0.3, 0.4) is 0 Å². The van der Waals surface area contributed by atoms with Gasteiger partial charge in [-0.25, -0.2) is 0 Å². The summed E-state index contributed by atoms with van der Waals surface area (Å²) in [5, 5.41) is 21.0. The van der Waals surface area contributed by atoms with E-state index in [1.165, 1.54) is 37.7 Å². The summed E-state index contributed by atoms with van der Waals surface area (Å²) in [7, 11) is 0. The molecule has 1 saturated carbocycles. The molecule has 0 spiro atoms. The predicted octanol–water partition coefficient (Wildman–Crippen LogP) is 5.54. The fraction of sp³-hybridized carbons (Fsp3) is 0.700. The third-order valence-corrected chi connectivity index (χ3v) is 4.78. The normalized spacial score (nSPS) is 16.6. The second kappa shape index (κ2) is 7.39. The number of rotatable bonds is 5. The quantitative estimate of drug-likeness (QED) is 0.701. The molecule has 2 N–H and O–H groups in total. The average Bonchev–Trinajstić information content (AvgIpc) is 2.47. The van der Waals surface area contributed by atoms with Crippen LogP contribution in [0.5, 0.6) is 11.5 Å². The van der Waals surface area contributed by atoms with Crippen LogP contribution in [0.15, 0.2) is 6.07 Å². The lowest BCUT2D eigenvalue weighted by molar-refractivity contribution is 0.384. The molecular formula is C20H32O2. The van der Waals surface area contributed by atoms with Gasteiger partial charge in [0.05, 0.1) is 0 Å². The first kappa shape index (κ1) is 17.2. The van der Waals surface area contributed by atoms with Crippen molar-refractivity contribution in [1.29, 1.82) is 0 Å². The Balaban J connectivity index is 2.47. The number of hydrogen-bond acceptors (Lipinski definition) is 2. The van der Waals surface area contributed by atoms with Crippen molar-refractivity contribution in [3.8, 4) is 11.5 Å². The standard InChI is InChI=1S/C20H32O2/c1-13(2)10-16-12-17(15-8-6-5-7-9-15)18(11-14(3)4)20(22)19(16)21/h12-15,21-22H,5-11H2,1-4H3. The maximum Gasteiger partial charge on any atom is 0.161 e. The molecule has 0 heterocycles. The summed E-state index contributed by atoms with van der Waals surface area (Å²) in [5.41, 5.74) is 3.21. The zero-order valence-electron chi connectivity index (χ0n) is 14.7. The molecule has 1 aliphatic rings. The van der Waals surface area contributed by atoms with E-state index in [4.69, 9.17) is 0 Å². The van der Waals surface area contributed by atoms with Crippen molar-refractivity contribution in [2.45, 2.75) is 78.6 Å². The van der Waals surface area contributed by atoms with Crippen LogP contribution in [0.1, 0.15) is 82.4 Å². The average molecular weight is 304 g/mol. The Kier molecular flexibility index (Phi) is 5.77. The SMILES string of the molecule is CC(C)Cc1cc(C2CCCCC2)c(CC(C)C)c(O)c1O. The molecule has 2 heteroatoms. The molecular weight excluding hydrogens is 272 g/mol. The molecule has 1 aliphatic carbocycles. The van der Waals surface area contributed by atoms with Gasteiger partial charge in [0.25, 0.3) is 0 Å².